The highest BCUT2D eigenvalue weighted by molar-refractivity contribution is 5.80. The molecule has 0 radical (unpaired) electrons. The Morgan fingerprint density at radius 1 is 1.54 bits per heavy atom. The molecule has 0 aromatic heterocycles. The van der Waals surface area contributed by atoms with Crippen LogP contribution < -0.4 is 0 Å². The van der Waals surface area contributed by atoms with Gasteiger partial charge in [-0.2, -0.15) is 0 Å². The van der Waals surface area contributed by atoms with Crippen molar-refractivity contribution in [2.45, 2.75) is 26.2 Å². The van der Waals surface area contributed by atoms with Gasteiger partial charge in [-0.3, -0.25) is 4.79 Å². The first-order valence-electron chi connectivity index (χ1n) is 4.04. The van der Waals surface area contributed by atoms with Crippen molar-refractivity contribution in [1.29, 1.82) is 0 Å². The number of ether oxygens (including phenoxy) is 1. The van der Waals surface area contributed by atoms with Crippen LogP contribution in [0, 0.1) is 0 Å². The monoisotopic (exact) mass is 192 g/mol. The zero-order valence-electron chi connectivity index (χ0n) is 7.69. The second-order valence-electron chi connectivity index (χ2n) is 2.89. The first kappa shape index (κ1) is 12.2. The smallest absolute Gasteiger partial charge is 0.261 e. The van der Waals surface area contributed by atoms with Gasteiger partial charge in [-0.05, 0) is 6.92 Å². The van der Waals surface area contributed by atoms with Gasteiger partial charge < -0.3 is 4.74 Å². The molecule has 0 aromatic carbocycles. The van der Waals surface area contributed by atoms with E-state index in [0.717, 1.165) is 5.57 Å². The summed E-state index contributed by atoms with van der Waals surface area (Å²) in [6.45, 7) is 4.79. The molecule has 13 heavy (non-hydrogen) atoms. The maximum Gasteiger partial charge on any atom is 0.261 e. The van der Waals surface area contributed by atoms with Crippen molar-refractivity contribution in [3.8, 4) is 0 Å². The number of ketones is 1. The molecule has 0 N–H and O–H groups in total. The van der Waals surface area contributed by atoms with Crippen LogP contribution in [0.15, 0.2) is 12.2 Å². The number of Topliss-reactive ketones (excluding diaryl/α,β-unsaturated/α-hetero) is 1. The Morgan fingerprint density at radius 3 is 2.62 bits per heavy atom. The molecule has 0 rings (SSSR count). The molecule has 0 spiro atoms. The van der Waals surface area contributed by atoms with Crippen molar-refractivity contribution in [3.63, 3.8) is 0 Å². The summed E-state index contributed by atoms with van der Waals surface area (Å²) >= 11 is 0. The predicted octanol–water partition coefficient (Wildman–Crippen LogP) is 2.19. The summed E-state index contributed by atoms with van der Waals surface area (Å²) in [4.78, 5) is 11.0. The molecule has 4 heteroatoms. The molecule has 0 aliphatic heterocycles. The van der Waals surface area contributed by atoms with Crippen molar-refractivity contribution in [2.75, 3.05) is 13.2 Å². The van der Waals surface area contributed by atoms with Crippen LogP contribution in [-0.4, -0.2) is 25.4 Å². The third-order valence-corrected chi connectivity index (χ3v) is 1.27. The standard InChI is InChI=1S/C9H14F2O2/c1-7(2)5-8(12)3-4-13-6-9(10)11/h9H,1,3-6H2,2H3. The van der Waals surface area contributed by atoms with Crippen molar-refractivity contribution >= 4 is 5.78 Å². The fraction of sp³-hybridized carbons (Fsp3) is 0.667. The molecule has 0 fully saturated rings. The average Bonchev–Trinajstić information content (AvgIpc) is 1.96. The minimum atomic E-state index is -2.46. The third-order valence-electron chi connectivity index (χ3n) is 1.27. The SMILES string of the molecule is C=C(C)CC(=O)CCOCC(F)F. The first-order valence-corrected chi connectivity index (χ1v) is 4.04. The largest absolute Gasteiger partial charge is 0.375 e. The molecule has 0 aliphatic carbocycles. The van der Waals surface area contributed by atoms with Crippen LogP contribution in [0.2, 0.25) is 0 Å². The lowest BCUT2D eigenvalue weighted by atomic mass is 10.1. The van der Waals surface area contributed by atoms with Gasteiger partial charge in [0, 0.05) is 12.8 Å². The Kier molecular flexibility index (Phi) is 6.32. The molecule has 2 nitrogen and oxygen atoms in total. The fourth-order valence-corrected chi connectivity index (χ4v) is 0.783. The van der Waals surface area contributed by atoms with Crippen molar-refractivity contribution < 1.29 is 18.3 Å². The second kappa shape index (κ2) is 6.71. The molecule has 0 unspecified atom stereocenters. The van der Waals surface area contributed by atoms with Crippen molar-refractivity contribution in [2.24, 2.45) is 0 Å². The quantitative estimate of drug-likeness (QED) is 0.456. The topological polar surface area (TPSA) is 26.3 Å². The van der Waals surface area contributed by atoms with Crippen molar-refractivity contribution in [3.05, 3.63) is 12.2 Å². The number of rotatable bonds is 7. The molecule has 0 heterocycles. The average molecular weight is 192 g/mol. The van der Waals surface area contributed by atoms with Gasteiger partial charge >= 0.3 is 0 Å². The molecule has 0 saturated carbocycles. The fourth-order valence-electron chi connectivity index (χ4n) is 0.783. The second-order valence-corrected chi connectivity index (χ2v) is 2.89. The minimum absolute atomic E-state index is 0.0261. The van der Waals surface area contributed by atoms with Gasteiger partial charge in [0.05, 0.1) is 6.61 Å². The van der Waals surface area contributed by atoms with Crippen LogP contribution in [-0.2, 0) is 9.53 Å². The van der Waals surface area contributed by atoms with Gasteiger partial charge in [-0.25, -0.2) is 8.78 Å². The number of hydrogen-bond donors (Lipinski definition) is 0. The summed E-state index contributed by atoms with van der Waals surface area (Å²) in [5.74, 6) is -0.0261. The van der Waals surface area contributed by atoms with Gasteiger partial charge in [0.25, 0.3) is 6.43 Å². The Bertz CT molecular complexity index is 178. The van der Waals surface area contributed by atoms with E-state index >= 15 is 0 Å². The zero-order chi connectivity index (χ0) is 10.3. The van der Waals surface area contributed by atoms with E-state index in [1.165, 1.54) is 0 Å². The van der Waals surface area contributed by atoms with Gasteiger partial charge in [0.2, 0.25) is 0 Å². The maximum absolute atomic E-state index is 11.5. The zero-order valence-corrected chi connectivity index (χ0v) is 7.69. The van der Waals surface area contributed by atoms with E-state index in [0.29, 0.717) is 6.42 Å². The molecule has 0 aromatic rings. The van der Waals surface area contributed by atoms with E-state index in [2.05, 4.69) is 11.3 Å². The number of carbonyl (C=O) groups is 1. The van der Waals surface area contributed by atoms with Crippen LogP contribution >= 0.6 is 0 Å². The van der Waals surface area contributed by atoms with Gasteiger partial charge in [-0.1, -0.05) is 12.2 Å². The highest BCUT2D eigenvalue weighted by atomic mass is 19.3. The highest BCUT2D eigenvalue weighted by Gasteiger charge is 2.04. The minimum Gasteiger partial charge on any atom is -0.375 e. The lowest BCUT2D eigenvalue weighted by Crippen LogP contribution is -2.09. The van der Waals surface area contributed by atoms with Crippen LogP contribution in [0.5, 0.6) is 0 Å². The van der Waals surface area contributed by atoms with Crippen LogP contribution in [0.4, 0.5) is 8.78 Å². The van der Waals surface area contributed by atoms with E-state index < -0.39 is 13.0 Å². The Morgan fingerprint density at radius 2 is 2.15 bits per heavy atom. The predicted molar refractivity (Wildman–Crippen MR) is 45.9 cm³/mol. The third kappa shape index (κ3) is 9.14. The molecule has 0 atom stereocenters. The summed E-state index contributed by atoms with van der Waals surface area (Å²) < 4.78 is 27.6. The Hall–Kier alpha value is -0.770. The van der Waals surface area contributed by atoms with Gasteiger partial charge in [0.1, 0.15) is 12.4 Å². The van der Waals surface area contributed by atoms with Crippen molar-refractivity contribution in [1.82, 2.24) is 0 Å². The van der Waals surface area contributed by atoms with Crippen LogP contribution in [0.25, 0.3) is 0 Å². The Labute approximate surface area is 76.6 Å². The summed E-state index contributed by atoms with van der Waals surface area (Å²) in [5, 5.41) is 0. The summed E-state index contributed by atoms with van der Waals surface area (Å²) in [6, 6.07) is 0. The van der Waals surface area contributed by atoms with E-state index in [1.807, 2.05) is 0 Å². The van der Waals surface area contributed by atoms with Crippen LogP contribution in [0.1, 0.15) is 19.8 Å². The van der Waals surface area contributed by atoms with Gasteiger partial charge in [-0.15, -0.1) is 0 Å². The molecule has 0 bridgehead atoms. The number of allylic oxidation sites excluding steroid dienone is 1. The number of carbonyl (C=O) groups excluding carboxylic acids is 1. The van der Waals surface area contributed by atoms with Crippen LogP contribution in [0.3, 0.4) is 0 Å². The normalized spacial score (nSPS) is 10.5. The van der Waals surface area contributed by atoms with E-state index in [1.54, 1.807) is 6.92 Å². The van der Waals surface area contributed by atoms with E-state index in [-0.39, 0.29) is 18.8 Å². The van der Waals surface area contributed by atoms with E-state index in [9.17, 15) is 13.6 Å². The number of hydrogen-bond acceptors (Lipinski definition) is 2. The number of halogens is 2. The maximum atomic E-state index is 11.5. The van der Waals surface area contributed by atoms with Gasteiger partial charge in [0.15, 0.2) is 0 Å². The first-order chi connectivity index (χ1) is 6.02. The molecule has 0 aliphatic rings. The van der Waals surface area contributed by atoms with E-state index in [4.69, 9.17) is 0 Å². The Balaban J connectivity index is 3.32. The summed E-state index contributed by atoms with van der Waals surface area (Å²) in [6.07, 6.45) is -1.98. The summed E-state index contributed by atoms with van der Waals surface area (Å²) in [7, 11) is 0. The number of alkyl halides is 2. The molecular weight excluding hydrogens is 178 g/mol. The lowest BCUT2D eigenvalue weighted by Gasteiger charge is -2.02. The summed E-state index contributed by atoms with van der Waals surface area (Å²) in [5.41, 5.74) is 0.777. The molecular formula is C9H14F2O2. The lowest BCUT2D eigenvalue weighted by molar-refractivity contribution is -0.119. The highest BCUT2D eigenvalue weighted by Crippen LogP contribution is 2.00. The molecule has 0 amide bonds. The molecule has 76 valence electrons. The molecule has 0 saturated heterocycles.